The van der Waals surface area contributed by atoms with E-state index in [1.165, 1.54) is 49.9 Å². The first kappa shape index (κ1) is 68.3. The van der Waals surface area contributed by atoms with Crippen LogP contribution in [0.15, 0.2) is 405 Å². The molecule has 0 radical (unpaired) electrons. The van der Waals surface area contributed by atoms with Crippen molar-refractivity contribution in [1.82, 2.24) is 29.9 Å². The SMILES string of the molecule is Brc1c(-c2nc(-c3ccccc3)nc(-c3ccccc3)n2)ccc2ccccc12.OB(O)c1ccc2c(c1)C(c1ccccc1)(c1ccccc1)c1ccccc1-2.c1ccc(-c2nc(-c3ccccc3)nc(-c3ccc4ccccc4c3-c3ccc4c(c3)C(c3ccccc3)(c3ccccc3)c3ccccc3-4)n2)cc1. The van der Waals surface area contributed by atoms with Gasteiger partial charge in [-0.05, 0) is 133 Å². The Morgan fingerprint density at radius 3 is 0.945 bits per heavy atom. The van der Waals surface area contributed by atoms with Crippen LogP contribution in [0.25, 0.3) is 123 Å². The first-order valence-electron chi connectivity index (χ1n) is 36.8. The van der Waals surface area contributed by atoms with Crippen LogP contribution in [0.3, 0.4) is 0 Å². The molecule has 0 atom stereocenters. The molecule has 0 unspecified atom stereocenters. The normalized spacial score (nSPS) is 12.5. The quantitative estimate of drug-likeness (QED) is 0.116. The average molecular weight is 1480 g/mol. The molecule has 2 aliphatic rings. The molecule has 0 spiro atoms. The van der Waals surface area contributed by atoms with Crippen LogP contribution in [-0.4, -0.2) is 47.1 Å². The van der Waals surface area contributed by atoms with Gasteiger partial charge in [-0.1, -0.05) is 382 Å². The Kier molecular flexibility index (Phi) is 18.5. The summed E-state index contributed by atoms with van der Waals surface area (Å²) in [5, 5.41) is 24.3. The standard InChI is InChI=1S/C50H33N3.C25H19BO2.C25H16BrN3/c1-5-18-35(19-6-1)47-51-48(36-20-7-2-8-21-36)53-49(52-47)43-32-29-34-17-13-14-26-40(34)46(43)37-30-31-42-41-27-15-16-28-44(41)50(45(42)33-37,38-22-9-3-10-23-38)39-24-11-4-12-25-39;27-26(28)20-15-16-22-21-13-7-8-14-23(21)25(24(22)17-20,18-9-3-1-4-10-18)19-11-5-2-6-12-19;26-22-20-14-8-7-9-17(20)15-16-21(22)25-28-23(18-10-3-1-4-11-18)27-24(29-25)19-12-5-2-6-13-19/h1-33H;1-17,27-28H;1-16H. The van der Waals surface area contributed by atoms with Crippen molar-refractivity contribution in [1.29, 1.82) is 0 Å². The summed E-state index contributed by atoms with van der Waals surface area (Å²) in [6, 6.07) is 139. The topological polar surface area (TPSA) is 118 Å². The van der Waals surface area contributed by atoms with E-state index >= 15 is 0 Å². The molecule has 18 aromatic rings. The first-order chi connectivity index (χ1) is 54.3. The highest BCUT2D eigenvalue weighted by Crippen LogP contribution is 2.58. The summed E-state index contributed by atoms with van der Waals surface area (Å²) in [5.74, 6) is 3.90. The minimum atomic E-state index is -1.50. The van der Waals surface area contributed by atoms with Gasteiger partial charge in [-0.25, -0.2) is 29.9 Å². The molecule has 0 bridgehead atoms. The van der Waals surface area contributed by atoms with Gasteiger partial charge in [-0.2, -0.15) is 0 Å². The average Bonchev–Trinajstić information content (AvgIpc) is 1.54. The van der Waals surface area contributed by atoms with Crippen LogP contribution in [-0.2, 0) is 10.8 Å². The van der Waals surface area contributed by atoms with Gasteiger partial charge in [0.2, 0.25) is 0 Å². The van der Waals surface area contributed by atoms with Crippen LogP contribution < -0.4 is 5.46 Å². The van der Waals surface area contributed by atoms with Crippen molar-refractivity contribution in [2.75, 3.05) is 0 Å². The van der Waals surface area contributed by atoms with Gasteiger partial charge in [0.15, 0.2) is 34.9 Å². The Balaban J connectivity index is 0.000000126. The highest BCUT2D eigenvalue weighted by molar-refractivity contribution is 9.10. The lowest BCUT2D eigenvalue weighted by atomic mass is 9.66. The third-order valence-corrected chi connectivity index (χ3v) is 22.1. The molecule has 110 heavy (non-hydrogen) atoms. The maximum absolute atomic E-state index is 9.84. The number of aromatic nitrogens is 6. The zero-order valence-corrected chi connectivity index (χ0v) is 61.2. The van der Waals surface area contributed by atoms with Gasteiger partial charge in [-0.3, -0.25) is 0 Å². The van der Waals surface area contributed by atoms with Crippen molar-refractivity contribution in [2.24, 2.45) is 0 Å². The molecule has 2 heterocycles. The Labute approximate surface area is 647 Å². The molecule has 20 rings (SSSR count). The summed E-state index contributed by atoms with van der Waals surface area (Å²) >= 11 is 3.78. The predicted molar refractivity (Wildman–Crippen MR) is 451 cm³/mol. The third kappa shape index (κ3) is 12.4. The van der Waals surface area contributed by atoms with Gasteiger partial charge in [0, 0.05) is 43.4 Å². The summed E-state index contributed by atoms with van der Waals surface area (Å²) in [4.78, 5) is 29.8. The molecule has 2 aromatic heterocycles. The van der Waals surface area contributed by atoms with Crippen LogP contribution in [0, 0.1) is 0 Å². The van der Waals surface area contributed by atoms with Crippen molar-refractivity contribution in [3.05, 3.63) is 449 Å². The molecule has 0 saturated heterocycles. The number of halogens is 1. The summed E-state index contributed by atoms with van der Waals surface area (Å²) in [5.41, 5.74) is 21.9. The van der Waals surface area contributed by atoms with E-state index < -0.39 is 17.9 Å². The zero-order chi connectivity index (χ0) is 74.0. The van der Waals surface area contributed by atoms with E-state index in [0.29, 0.717) is 40.4 Å². The monoisotopic (exact) mass is 1470 g/mol. The van der Waals surface area contributed by atoms with E-state index in [2.05, 4.69) is 277 Å². The van der Waals surface area contributed by atoms with Gasteiger partial charge in [-0.15, -0.1) is 0 Å². The van der Waals surface area contributed by atoms with Gasteiger partial charge < -0.3 is 10.0 Å². The Bertz CT molecular complexity index is 6190. The molecule has 520 valence electrons. The fourth-order valence-corrected chi connectivity index (χ4v) is 16.9. The lowest BCUT2D eigenvalue weighted by Crippen LogP contribution is -2.33. The molecule has 0 amide bonds. The fourth-order valence-electron chi connectivity index (χ4n) is 16.3. The number of fused-ring (bicyclic) bond motifs is 8. The molecule has 8 nitrogen and oxygen atoms in total. The van der Waals surface area contributed by atoms with Crippen LogP contribution in [0.4, 0.5) is 0 Å². The minimum Gasteiger partial charge on any atom is -0.423 e. The molecule has 2 aliphatic carbocycles. The number of hydrogen-bond donors (Lipinski definition) is 2. The molecular formula is C100H68BBrN6O2. The molecule has 2 N–H and O–H groups in total. The predicted octanol–water partition coefficient (Wildman–Crippen LogP) is 22.6. The van der Waals surface area contributed by atoms with Gasteiger partial charge in [0.25, 0.3) is 0 Å². The van der Waals surface area contributed by atoms with Gasteiger partial charge in [0.1, 0.15) is 0 Å². The van der Waals surface area contributed by atoms with Crippen LogP contribution in [0.2, 0.25) is 0 Å². The number of benzene rings is 16. The summed E-state index contributed by atoms with van der Waals surface area (Å²) in [6.45, 7) is 0. The van der Waals surface area contributed by atoms with Crippen molar-refractivity contribution < 1.29 is 10.0 Å². The van der Waals surface area contributed by atoms with Crippen molar-refractivity contribution in [3.8, 4) is 102 Å². The molecule has 0 fully saturated rings. The second-order valence-corrected chi connectivity index (χ2v) is 28.2. The van der Waals surface area contributed by atoms with Crippen molar-refractivity contribution >= 4 is 50.1 Å². The number of nitrogens with zero attached hydrogens (tertiary/aromatic N) is 6. The molecule has 0 saturated carbocycles. The lowest BCUT2D eigenvalue weighted by Gasteiger charge is -2.34. The van der Waals surface area contributed by atoms with Crippen molar-refractivity contribution in [2.45, 2.75) is 10.8 Å². The maximum Gasteiger partial charge on any atom is 0.488 e. The van der Waals surface area contributed by atoms with Gasteiger partial charge in [0.05, 0.1) is 10.8 Å². The highest BCUT2D eigenvalue weighted by Gasteiger charge is 2.48. The minimum absolute atomic E-state index is 0.501. The number of rotatable bonds is 12. The molecular weight excluding hydrogens is 1410 g/mol. The summed E-state index contributed by atoms with van der Waals surface area (Å²) < 4.78 is 0.986. The Hall–Kier alpha value is -13.5. The largest absolute Gasteiger partial charge is 0.488 e. The zero-order valence-electron chi connectivity index (χ0n) is 59.6. The smallest absolute Gasteiger partial charge is 0.423 e. The summed E-state index contributed by atoms with van der Waals surface area (Å²) in [6.07, 6.45) is 0. The second kappa shape index (κ2) is 29.7. The fraction of sp³-hybridized carbons (Fsp3) is 0.0200. The van der Waals surface area contributed by atoms with E-state index in [9.17, 15) is 10.0 Å². The van der Waals surface area contributed by atoms with E-state index in [-0.39, 0.29) is 0 Å². The van der Waals surface area contributed by atoms with Crippen LogP contribution >= 0.6 is 15.9 Å². The van der Waals surface area contributed by atoms with E-state index in [1.54, 1.807) is 6.07 Å². The van der Waals surface area contributed by atoms with Crippen LogP contribution in [0.1, 0.15) is 44.5 Å². The Morgan fingerprint density at radius 1 is 0.227 bits per heavy atom. The first-order valence-corrected chi connectivity index (χ1v) is 37.6. The molecule has 0 aliphatic heterocycles. The van der Waals surface area contributed by atoms with E-state index in [0.717, 1.165) is 87.4 Å². The lowest BCUT2D eigenvalue weighted by molar-refractivity contribution is 0.425. The van der Waals surface area contributed by atoms with Crippen LogP contribution in [0.5, 0.6) is 0 Å². The van der Waals surface area contributed by atoms with Crippen molar-refractivity contribution in [3.63, 3.8) is 0 Å². The number of hydrogen-bond acceptors (Lipinski definition) is 8. The maximum atomic E-state index is 9.84. The second-order valence-electron chi connectivity index (χ2n) is 27.4. The molecule has 10 heteroatoms. The Morgan fingerprint density at radius 2 is 0.527 bits per heavy atom. The van der Waals surface area contributed by atoms with E-state index in [1.807, 2.05) is 133 Å². The van der Waals surface area contributed by atoms with Gasteiger partial charge >= 0.3 is 7.12 Å². The highest BCUT2D eigenvalue weighted by atomic mass is 79.9. The third-order valence-electron chi connectivity index (χ3n) is 21.2. The summed E-state index contributed by atoms with van der Waals surface area (Å²) in [7, 11) is -1.50. The molecule has 16 aromatic carbocycles. The van der Waals surface area contributed by atoms with E-state index in [4.69, 9.17) is 29.9 Å².